The Morgan fingerprint density at radius 2 is 1.00 bits per heavy atom. The summed E-state index contributed by atoms with van der Waals surface area (Å²) in [6.45, 7) is 5.93. The maximum Gasteiger partial charge on any atom is 0.227 e. The van der Waals surface area contributed by atoms with Gasteiger partial charge >= 0.3 is 0 Å². The summed E-state index contributed by atoms with van der Waals surface area (Å²) in [5, 5.41) is 47.9. The van der Waals surface area contributed by atoms with Crippen LogP contribution in [0.2, 0.25) is 0 Å². The number of aromatic nitrogens is 12. The molecule has 0 spiro atoms. The number of amides is 2. The van der Waals surface area contributed by atoms with Crippen molar-refractivity contribution >= 4 is 33.9 Å². The number of hydrogen-bond donors (Lipinski definition) is 1. The van der Waals surface area contributed by atoms with Gasteiger partial charge in [0.05, 0.1) is 30.3 Å². The van der Waals surface area contributed by atoms with E-state index >= 15 is 0 Å². The number of alkyl halides is 1. The van der Waals surface area contributed by atoms with Crippen LogP contribution in [0.15, 0.2) is 107 Å². The zero-order valence-electron chi connectivity index (χ0n) is 34.5. The molecule has 4 aromatic heterocycles. The van der Waals surface area contributed by atoms with Crippen LogP contribution in [0.25, 0.3) is 33.4 Å². The molecule has 2 unspecified atom stereocenters. The molecule has 2 aliphatic heterocycles. The fourth-order valence-electron chi connectivity index (χ4n) is 7.71. The smallest absolute Gasteiger partial charge is 0.227 e. The predicted octanol–water partition coefficient (Wildman–Crippen LogP) is 2.21. The maximum atomic E-state index is 14.8. The minimum atomic E-state index is -1.14. The lowest BCUT2D eigenvalue weighted by Crippen LogP contribution is -2.50. The molecule has 0 bridgehead atoms. The van der Waals surface area contributed by atoms with Gasteiger partial charge in [-0.2, -0.15) is 0 Å². The van der Waals surface area contributed by atoms with E-state index in [9.17, 15) is 19.1 Å². The first kappa shape index (κ1) is 41.9. The third-order valence-electron chi connectivity index (χ3n) is 11.4. The molecule has 6 heterocycles. The van der Waals surface area contributed by atoms with Gasteiger partial charge in [0.2, 0.25) is 11.8 Å². The number of nitrogens with zero attached hydrogens (tertiary/aromatic N) is 16. The fourth-order valence-corrected chi connectivity index (χ4v) is 7.71. The molecule has 2 saturated heterocycles. The highest BCUT2D eigenvalue weighted by atomic mass is 19.1. The van der Waals surface area contributed by atoms with Gasteiger partial charge in [-0.25, -0.2) is 23.0 Å². The number of carbonyl (C=O) groups excluding carboxylic acids is 2. The second-order valence-corrected chi connectivity index (χ2v) is 15.6. The number of hydrogen-bond acceptors (Lipinski definition) is 17. The third-order valence-corrected chi connectivity index (χ3v) is 11.4. The Kier molecular flexibility index (Phi) is 12.6. The molecule has 0 aliphatic carbocycles. The van der Waals surface area contributed by atoms with E-state index in [2.05, 4.69) is 61.2 Å². The van der Waals surface area contributed by atoms with Crippen molar-refractivity contribution in [1.82, 2.24) is 80.6 Å². The van der Waals surface area contributed by atoms with Gasteiger partial charge < -0.3 is 14.9 Å². The summed E-state index contributed by atoms with van der Waals surface area (Å²) in [6, 6.07) is 25.7. The Bertz CT molecular complexity index is 2560. The van der Waals surface area contributed by atoms with Gasteiger partial charge in [-0.05, 0) is 112 Å². The molecule has 2 fully saturated rings. The molecule has 4 aromatic carbocycles. The molecule has 2 aliphatic rings. The number of rotatable bonds is 12. The summed E-state index contributed by atoms with van der Waals surface area (Å²) in [7, 11) is 0. The van der Waals surface area contributed by atoms with Crippen LogP contribution in [0.5, 0.6) is 0 Å². The van der Waals surface area contributed by atoms with Gasteiger partial charge in [0.15, 0.2) is 0 Å². The number of aliphatic hydroxyl groups excluding tert-OH is 1. The van der Waals surface area contributed by atoms with E-state index in [0.29, 0.717) is 86.3 Å². The normalized spacial score (nSPS) is 15.8. The number of benzene rings is 4. The summed E-state index contributed by atoms with van der Waals surface area (Å²) in [6.07, 6.45) is 1.94. The zero-order valence-corrected chi connectivity index (χ0v) is 34.5. The van der Waals surface area contributed by atoms with E-state index in [0.717, 1.165) is 41.2 Å². The second-order valence-electron chi connectivity index (χ2n) is 15.6. The van der Waals surface area contributed by atoms with Crippen molar-refractivity contribution in [1.29, 1.82) is 0 Å². The van der Waals surface area contributed by atoms with Gasteiger partial charge in [-0.15, -0.1) is 10.2 Å². The van der Waals surface area contributed by atoms with Crippen LogP contribution in [0.4, 0.5) is 4.39 Å². The second kappa shape index (κ2) is 19.3. The molecular formula is C42H43FN16O5. The highest BCUT2D eigenvalue weighted by molar-refractivity contribution is 5.79. The van der Waals surface area contributed by atoms with Crippen molar-refractivity contribution in [3.05, 3.63) is 120 Å². The van der Waals surface area contributed by atoms with Crippen LogP contribution in [0, 0.1) is 0 Å². The highest BCUT2D eigenvalue weighted by Crippen LogP contribution is 2.24. The summed E-state index contributed by atoms with van der Waals surface area (Å²) < 4.78 is 27.3. The SMILES string of the molecule is O=C(Cc1ccc(-n2cnnn2)cc1)N1CCN(CC(F)c2ccc3nonc3c2)CC1.O=C(Cc1ccc(-n2cnnn2)cc1)N1CCN(CC(O)c2ccc3nonc3c2)CC1. The molecule has 0 saturated carbocycles. The number of fused-ring (bicyclic) bond motifs is 2. The van der Waals surface area contributed by atoms with Crippen molar-refractivity contribution in [2.75, 3.05) is 65.4 Å². The van der Waals surface area contributed by atoms with Crippen molar-refractivity contribution in [3.63, 3.8) is 0 Å². The summed E-state index contributed by atoms with van der Waals surface area (Å²) >= 11 is 0. The van der Waals surface area contributed by atoms with Crippen LogP contribution in [-0.4, -0.2) is 163 Å². The predicted molar refractivity (Wildman–Crippen MR) is 224 cm³/mol. The third kappa shape index (κ3) is 10.1. The fraction of sp³-hybridized carbons (Fsp3) is 0.333. The summed E-state index contributed by atoms with van der Waals surface area (Å²) in [5.41, 5.74) is 7.33. The van der Waals surface area contributed by atoms with Crippen LogP contribution in [0.1, 0.15) is 34.5 Å². The number of aliphatic hydroxyl groups is 1. The monoisotopic (exact) mass is 870 g/mol. The van der Waals surface area contributed by atoms with Crippen LogP contribution in [-0.2, 0) is 22.4 Å². The van der Waals surface area contributed by atoms with E-state index in [4.69, 9.17) is 4.63 Å². The largest absolute Gasteiger partial charge is 0.387 e. The lowest BCUT2D eigenvalue weighted by molar-refractivity contribution is -0.133. The van der Waals surface area contributed by atoms with Crippen LogP contribution >= 0.6 is 0 Å². The van der Waals surface area contributed by atoms with Gasteiger partial charge in [-0.1, -0.05) is 36.4 Å². The molecule has 10 rings (SSSR count). The Labute approximate surface area is 363 Å². The lowest BCUT2D eigenvalue weighted by atomic mass is 10.1. The number of halogens is 1. The Morgan fingerprint density at radius 3 is 1.47 bits per heavy atom. The lowest BCUT2D eigenvalue weighted by Gasteiger charge is -2.35. The quantitative estimate of drug-likeness (QED) is 0.185. The van der Waals surface area contributed by atoms with Crippen molar-refractivity contribution in [2.24, 2.45) is 0 Å². The molecule has 64 heavy (non-hydrogen) atoms. The molecule has 0 radical (unpaired) electrons. The van der Waals surface area contributed by atoms with Crippen LogP contribution < -0.4 is 0 Å². The minimum Gasteiger partial charge on any atom is -0.387 e. The van der Waals surface area contributed by atoms with E-state index < -0.39 is 12.3 Å². The Balaban J connectivity index is 0.000000162. The molecule has 22 heteroatoms. The standard InChI is InChI=1S/C21H21FN8O2.C21H22N8O3/c22-18(16-3-6-19-20(12-16)25-32-24-19)13-28-7-9-29(10-8-28)21(31)11-15-1-4-17(5-2-15)30-14-23-26-27-30;30-20(16-3-6-18-19(12-16)24-32-23-18)13-27-7-9-28(10-8-27)21(31)11-15-1-4-17(5-2-15)29-14-22-25-26-29/h1-6,12,14,18H,7-11,13H2;1-6,12,14,20,30H,7-11,13H2. The Hall–Kier alpha value is -7.43. The van der Waals surface area contributed by atoms with Gasteiger partial charge in [-0.3, -0.25) is 19.4 Å². The van der Waals surface area contributed by atoms with Gasteiger partial charge in [0.25, 0.3) is 0 Å². The number of piperazine rings is 2. The van der Waals surface area contributed by atoms with E-state index in [1.165, 1.54) is 12.7 Å². The van der Waals surface area contributed by atoms with Crippen molar-refractivity contribution < 1.29 is 28.3 Å². The molecule has 2 amide bonds. The maximum absolute atomic E-state index is 14.8. The first-order valence-electron chi connectivity index (χ1n) is 20.7. The molecule has 2 atom stereocenters. The zero-order chi connectivity index (χ0) is 43.8. The first-order chi connectivity index (χ1) is 31.3. The van der Waals surface area contributed by atoms with E-state index in [1.54, 1.807) is 39.7 Å². The molecule has 328 valence electrons. The van der Waals surface area contributed by atoms with Gasteiger partial charge in [0.1, 0.15) is 40.9 Å². The minimum absolute atomic E-state index is 0.0700. The molecule has 8 aromatic rings. The summed E-state index contributed by atoms with van der Waals surface area (Å²) in [5.74, 6) is 0.171. The topological polar surface area (TPSA) is 232 Å². The Morgan fingerprint density at radius 1 is 0.562 bits per heavy atom. The van der Waals surface area contributed by atoms with Crippen molar-refractivity contribution in [3.8, 4) is 11.4 Å². The highest BCUT2D eigenvalue weighted by Gasteiger charge is 2.25. The molecule has 1 N–H and O–H groups in total. The van der Waals surface area contributed by atoms with Crippen molar-refractivity contribution in [2.45, 2.75) is 25.1 Å². The number of β-amino-alcohol motifs (C(OH)–C–C–N with tert-alkyl or cyclic N) is 1. The van der Waals surface area contributed by atoms with Gasteiger partial charge in [0, 0.05) is 65.4 Å². The molecule has 21 nitrogen and oxygen atoms in total. The van der Waals surface area contributed by atoms with E-state index in [-0.39, 0.29) is 18.4 Å². The average Bonchev–Trinajstić information content (AvgIpc) is 4.19. The number of carbonyl (C=O) groups is 2. The molecular weight excluding hydrogens is 828 g/mol. The summed E-state index contributed by atoms with van der Waals surface area (Å²) in [4.78, 5) is 33.4. The average molecular weight is 871 g/mol. The first-order valence-corrected chi connectivity index (χ1v) is 20.7. The number of tetrazole rings is 2. The van der Waals surface area contributed by atoms with E-state index in [1.807, 2.05) is 69.3 Å². The van der Waals surface area contributed by atoms with Crippen LogP contribution in [0.3, 0.4) is 0 Å².